The summed E-state index contributed by atoms with van der Waals surface area (Å²) in [4.78, 5) is 30.4. The van der Waals surface area contributed by atoms with Crippen LogP contribution < -0.4 is 4.74 Å². The van der Waals surface area contributed by atoms with Gasteiger partial charge in [-0.2, -0.15) is 0 Å². The maximum atomic E-state index is 13.4. The monoisotopic (exact) mass is 473 g/mol. The first-order chi connectivity index (χ1) is 15.9. The summed E-state index contributed by atoms with van der Waals surface area (Å²) < 4.78 is 11.4. The average Bonchev–Trinajstić information content (AvgIpc) is 3.16. The largest absolute Gasteiger partial charge is 0.493 e. The summed E-state index contributed by atoms with van der Waals surface area (Å²) in [5, 5.41) is 4.54. The van der Waals surface area contributed by atoms with Crippen LogP contribution in [0.25, 0.3) is 0 Å². The van der Waals surface area contributed by atoms with Gasteiger partial charge in [-0.1, -0.05) is 22.8 Å². The van der Waals surface area contributed by atoms with E-state index in [0.717, 1.165) is 38.8 Å². The summed E-state index contributed by atoms with van der Waals surface area (Å²) in [5.41, 5.74) is 0.640. The second-order valence-electron chi connectivity index (χ2n) is 9.39. The van der Waals surface area contributed by atoms with E-state index in [1.165, 1.54) is 6.42 Å². The summed E-state index contributed by atoms with van der Waals surface area (Å²) in [7, 11) is 0. The number of benzene rings is 1. The molecule has 0 N–H and O–H groups in total. The van der Waals surface area contributed by atoms with E-state index in [9.17, 15) is 9.59 Å². The van der Waals surface area contributed by atoms with Gasteiger partial charge >= 0.3 is 0 Å². The molecule has 1 atom stereocenters. The molecule has 178 valence electrons. The highest BCUT2D eigenvalue weighted by Gasteiger charge is 2.42. The lowest BCUT2D eigenvalue weighted by atomic mass is 9.77. The van der Waals surface area contributed by atoms with E-state index in [4.69, 9.17) is 20.9 Å². The number of hydrogen-bond acceptors (Lipinski definition) is 5. The third-order valence-corrected chi connectivity index (χ3v) is 7.01. The molecule has 2 saturated heterocycles. The number of carbonyl (C=O) groups is 2. The number of carbonyl (C=O) groups excluding carboxylic acids is 2. The molecule has 0 saturated carbocycles. The molecule has 4 rings (SSSR count). The number of aryl methyl sites for hydroxylation is 2. The van der Waals surface area contributed by atoms with E-state index >= 15 is 0 Å². The van der Waals surface area contributed by atoms with Crippen LogP contribution in [0.2, 0.25) is 5.02 Å². The van der Waals surface area contributed by atoms with Crippen molar-refractivity contribution < 1.29 is 18.8 Å². The lowest BCUT2D eigenvalue weighted by Gasteiger charge is -2.43. The first kappa shape index (κ1) is 23.6. The molecule has 7 nitrogen and oxygen atoms in total. The molecule has 0 bridgehead atoms. The van der Waals surface area contributed by atoms with Crippen molar-refractivity contribution in [3.05, 3.63) is 46.3 Å². The number of nitrogens with zero attached hydrogens (tertiary/aromatic N) is 3. The number of rotatable bonds is 6. The van der Waals surface area contributed by atoms with E-state index in [2.05, 4.69) is 5.16 Å². The highest BCUT2D eigenvalue weighted by molar-refractivity contribution is 6.30. The van der Waals surface area contributed by atoms with Crippen molar-refractivity contribution in [1.29, 1.82) is 0 Å². The van der Waals surface area contributed by atoms with Gasteiger partial charge in [-0.25, -0.2) is 0 Å². The third-order valence-electron chi connectivity index (χ3n) is 6.77. The molecule has 2 aliphatic rings. The summed E-state index contributed by atoms with van der Waals surface area (Å²) in [5.74, 6) is 1.24. The van der Waals surface area contributed by atoms with Crippen LogP contribution in [0.1, 0.15) is 60.3 Å². The fourth-order valence-corrected chi connectivity index (χ4v) is 5.19. The van der Waals surface area contributed by atoms with Crippen LogP contribution >= 0.6 is 11.6 Å². The number of hydrogen-bond donors (Lipinski definition) is 0. The van der Waals surface area contributed by atoms with Crippen LogP contribution in [0, 0.1) is 19.3 Å². The highest BCUT2D eigenvalue weighted by atomic mass is 35.5. The fourth-order valence-electron chi connectivity index (χ4n) is 5.01. The Morgan fingerprint density at radius 3 is 2.58 bits per heavy atom. The zero-order valence-corrected chi connectivity index (χ0v) is 20.2. The lowest BCUT2D eigenvalue weighted by Crippen LogP contribution is -2.51. The second kappa shape index (κ2) is 10.2. The lowest BCUT2D eigenvalue weighted by molar-refractivity contribution is -0.136. The summed E-state index contributed by atoms with van der Waals surface area (Å²) >= 11 is 6.13. The molecule has 0 radical (unpaired) electrons. The molecule has 8 heteroatoms. The Bertz CT molecular complexity index is 982. The zero-order chi connectivity index (χ0) is 23.4. The predicted octanol–water partition coefficient (Wildman–Crippen LogP) is 4.65. The van der Waals surface area contributed by atoms with E-state index in [1.54, 1.807) is 26.0 Å². The SMILES string of the molecule is Cc1noc(C)c1C(=O)N1CCCC(COc2cccc(Cl)c2)(CC(=O)N2CCCCC2)C1. The number of halogens is 1. The van der Waals surface area contributed by atoms with Crippen molar-refractivity contribution in [3.8, 4) is 5.75 Å². The van der Waals surface area contributed by atoms with Gasteiger partial charge in [0.2, 0.25) is 5.91 Å². The molecule has 2 amide bonds. The molecular weight excluding hydrogens is 442 g/mol. The molecule has 0 spiro atoms. The van der Waals surface area contributed by atoms with Gasteiger partial charge in [0.05, 0.1) is 12.3 Å². The molecule has 0 aliphatic carbocycles. The number of likely N-dealkylation sites (tertiary alicyclic amines) is 2. The van der Waals surface area contributed by atoms with E-state index in [0.29, 0.717) is 53.9 Å². The smallest absolute Gasteiger partial charge is 0.259 e. The first-order valence-corrected chi connectivity index (χ1v) is 12.1. The Morgan fingerprint density at radius 2 is 1.88 bits per heavy atom. The van der Waals surface area contributed by atoms with Gasteiger partial charge in [0.25, 0.3) is 5.91 Å². The summed E-state index contributed by atoms with van der Waals surface area (Å²) in [6, 6.07) is 7.28. The molecule has 2 aromatic rings. The van der Waals surface area contributed by atoms with Gasteiger partial charge in [0.1, 0.15) is 17.1 Å². The van der Waals surface area contributed by atoms with Crippen LogP contribution in [-0.4, -0.2) is 59.6 Å². The minimum atomic E-state index is -0.469. The van der Waals surface area contributed by atoms with E-state index in [1.807, 2.05) is 21.9 Å². The maximum absolute atomic E-state index is 13.4. The van der Waals surface area contributed by atoms with Gasteiger partial charge in [0.15, 0.2) is 0 Å². The average molecular weight is 474 g/mol. The van der Waals surface area contributed by atoms with Gasteiger partial charge in [-0.3, -0.25) is 9.59 Å². The second-order valence-corrected chi connectivity index (χ2v) is 9.83. The van der Waals surface area contributed by atoms with Crippen molar-refractivity contribution in [2.24, 2.45) is 5.41 Å². The van der Waals surface area contributed by atoms with Crippen molar-refractivity contribution >= 4 is 23.4 Å². The topological polar surface area (TPSA) is 75.9 Å². The predicted molar refractivity (Wildman–Crippen MR) is 126 cm³/mol. The summed E-state index contributed by atoms with van der Waals surface area (Å²) in [6.45, 7) is 6.60. The number of amides is 2. The molecular formula is C25H32ClN3O4. The normalized spacial score (nSPS) is 21.2. The molecule has 1 aromatic heterocycles. The molecule has 3 heterocycles. The molecule has 2 fully saturated rings. The van der Waals surface area contributed by atoms with Gasteiger partial charge < -0.3 is 19.1 Å². The molecule has 1 unspecified atom stereocenters. The van der Waals surface area contributed by atoms with Crippen LogP contribution in [0.3, 0.4) is 0 Å². The van der Waals surface area contributed by atoms with Crippen molar-refractivity contribution in [3.63, 3.8) is 0 Å². The van der Waals surface area contributed by atoms with Crippen molar-refractivity contribution in [2.45, 2.75) is 52.4 Å². The maximum Gasteiger partial charge on any atom is 0.259 e. The van der Waals surface area contributed by atoms with Crippen molar-refractivity contribution in [1.82, 2.24) is 15.0 Å². The Labute approximate surface area is 200 Å². The standard InChI is InChI=1S/C25H32ClN3O4/c1-18-23(19(2)33-27-18)24(31)29-13-7-10-25(16-29,15-22(30)28-11-4-3-5-12-28)17-32-21-9-6-8-20(26)14-21/h6,8-9,14H,3-5,7,10-13,15-17H2,1-2H3. The van der Waals surface area contributed by atoms with Crippen LogP contribution in [0.15, 0.2) is 28.8 Å². The number of piperidine rings is 2. The van der Waals surface area contributed by atoms with E-state index < -0.39 is 5.41 Å². The fraction of sp³-hybridized carbons (Fsp3) is 0.560. The third kappa shape index (κ3) is 5.52. The molecule has 1 aromatic carbocycles. The number of aromatic nitrogens is 1. The minimum absolute atomic E-state index is 0.0940. The van der Waals surface area contributed by atoms with Gasteiger partial charge in [-0.15, -0.1) is 0 Å². The molecule has 2 aliphatic heterocycles. The Hall–Kier alpha value is -2.54. The molecule has 33 heavy (non-hydrogen) atoms. The Morgan fingerprint density at radius 1 is 1.12 bits per heavy atom. The number of ether oxygens (including phenoxy) is 1. The van der Waals surface area contributed by atoms with E-state index in [-0.39, 0.29) is 11.8 Å². The Kier molecular flexibility index (Phi) is 7.27. The van der Waals surface area contributed by atoms with Gasteiger partial charge in [-0.05, 0) is 64.2 Å². The Balaban J connectivity index is 1.55. The van der Waals surface area contributed by atoms with Crippen LogP contribution in [-0.2, 0) is 4.79 Å². The van der Waals surface area contributed by atoms with Crippen molar-refractivity contribution in [2.75, 3.05) is 32.8 Å². The quantitative estimate of drug-likeness (QED) is 0.610. The zero-order valence-electron chi connectivity index (χ0n) is 19.4. The van der Waals surface area contributed by atoms with Crippen LogP contribution in [0.4, 0.5) is 0 Å². The van der Waals surface area contributed by atoms with Gasteiger partial charge in [0, 0.05) is 43.0 Å². The highest BCUT2D eigenvalue weighted by Crippen LogP contribution is 2.36. The summed E-state index contributed by atoms with van der Waals surface area (Å²) in [6.07, 6.45) is 5.26. The minimum Gasteiger partial charge on any atom is -0.493 e. The van der Waals surface area contributed by atoms with Crippen LogP contribution in [0.5, 0.6) is 5.75 Å². The first-order valence-electron chi connectivity index (χ1n) is 11.8.